The number of phenols is 1. The first-order chi connectivity index (χ1) is 19.4. The molecule has 1 aliphatic carbocycles. The van der Waals surface area contributed by atoms with E-state index in [1.807, 2.05) is 0 Å². The van der Waals surface area contributed by atoms with Crippen LogP contribution in [0.2, 0.25) is 0 Å². The molecule has 40 heavy (non-hydrogen) atoms. The number of aromatic hydroxyl groups is 1. The second-order valence-electron chi connectivity index (χ2n) is 9.73. The van der Waals surface area contributed by atoms with E-state index in [4.69, 9.17) is 0 Å². The maximum Gasteiger partial charge on any atom is 0.251 e. The highest BCUT2D eigenvalue weighted by molar-refractivity contribution is 6.01. The van der Waals surface area contributed by atoms with Gasteiger partial charge in [-0.2, -0.15) is 4.80 Å². The maximum absolute atomic E-state index is 14.4. The highest BCUT2D eigenvalue weighted by atomic mass is 19.1. The number of benzene rings is 3. The van der Waals surface area contributed by atoms with Crippen LogP contribution in [0.4, 0.5) is 14.5 Å². The largest absolute Gasteiger partial charge is 0.508 e. The van der Waals surface area contributed by atoms with Gasteiger partial charge < -0.3 is 10.4 Å². The van der Waals surface area contributed by atoms with Gasteiger partial charge in [-0.3, -0.25) is 14.5 Å². The zero-order valence-electron chi connectivity index (χ0n) is 21.6. The van der Waals surface area contributed by atoms with Crippen molar-refractivity contribution in [2.24, 2.45) is 0 Å². The van der Waals surface area contributed by atoms with Gasteiger partial charge in [0.1, 0.15) is 30.0 Å². The Labute approximate surface area is 229 Å². The summed E-state index contributed by atoms with van der Waals surface area (Å²) in [6, 6.07) is 15.7. The van der Waals surface area contributed by atoms with Crippen LogP contribution >= 0.6 is 0 Å². The SMILES string of the molecule is O=C(NC1CCCCC1)[C@H](c1ccc(O)cc1)N(C(=O)Cn1nnc(-c2ccc(F)cc2)n1)c1cccc(F)c1. The standard InChI is InChI=1S/C29H28F2N6O3/c30-21-13-9-20(10-14-21)28-33-35-36(34-28)18-26(39)37(24-8-4-5-22(31)17-24)27(19-11-15-25(38)16-12-19)29(40)32-23-6-2-1-3-7-23/h4-5,8-17,23,27,38H,1-3,6-7,18H2,(H,32,40)/t27-/m0/s1. The summed E-state index contributed by atoms with van der Waals surface area (Å²) in [6.45, 7) is -0.407. The minimum absolute atomic E-state index is 0.000964. The van der Waals surface area contributed by atoms with Crippen LogP contribution in [0.5, 0.6) is 5.75 Å². The van der Waals surface area contributed by atoms with E-state index in [1.165, 1.54) is 59.5 Å². The van der Waals surface area contributed by atoms with Gasteiger partial charge >= 0.3 is 0 Å². The van der Waals surface area contributed by atoms with Crippen LogP contribution < -0.4 is 10.2 Å². The first-order valence-electron chi connectivity index (χ1n) is 13.1. The third-order valence-corrected chi connectivity index (χ3v) is 6.85. The molecule has 9 nitrogen and oxygen atoms in total. The summed E-state index contributed by atoms with van der Waals surface area (Å²) in [5.41, 5.74) is 1.11. The number of phenolic OH excluding ortho intramolecular Hbond substituents is 1. The zero-order chi connectivity index (χ0) is 28.1. The molecule has 11 heteroatoms. The molecule has 0 saturated heterocycles. The fourth-order valence-electron chi connectivity index (χ4n) is 4.89. The topological polar surface area (TPSA) is 113 Å². The molecule has 2 N–H and O–H groups in total. The second kappa shape index (κ2) is 12.0. The number of nitrogens with zero attached hydrogens (tertiary/aromatic N) is 5. The number of rotatable bonds is 8. The Morgan fingerprint density at radius 2 is 1.70 bits per heavy atom. The predicted octanol–water partition coefficient (Wildman–Crippen LogP) is 4.55. The molecule has 0 radical (unpaired) electrons. The van der Waals surface area contributed by atoms with Gasteiger partial charge in [0.05, 0.1) is 0 Å². The van der Waals surface area contributed by atoms with Crippen molar-refractivity contribution in [2.75, 3.05) is 4.90 Å². The van der Waals surface area contributed by atoms with Crippen LogP contribution in [0.3, 0.4) is 0 Å². The van der Waals surface area contributed by atoms with Gasteiger partial charge in [0, 0.05) is 17.3 Å². The van der Waals surface area contributed by atoms with E-state index in [0.29, 0.717) is 11.1 Å². The molecular formula is C29H28F2N6O3. The van der Waals surface area contributed by atoms with Gasteiger partial charge in [-0.25, -0.2) is 8.78 Å². The summed E-state index contributed by atoms with van der Waals surface area (Å²) >= 11 is 0. The van der Waals surface area contributed by atoms with Gasteiger partial charge in [-0.05, 0) is 78.2 Å². The minimum atomic E-state index is -1.17. The lowest BCUT2D eigenvalue weighted by Crippen LogP contribution is -2.48. The van der Waals surface area contributed by atoms with Gasteiger partial charge in [0.25, 0.3) is 5.91 Å². The van der Waals surface area contributed by atoms with Crippen molar-refractivity contribution >= 4 is 17.5 Å². The molecule has 3 aromatic carbocycles. The number of carbonyl (C=O) groups is 2. The lowest BCUT2D eigenvalue weighted by Gasteiger charge is -2.33. The Morgan fingerprint density at radius 1 is 0.975 bits per heavy atom. The Kier molecular flexibility index (Phi) is 8.09. The summed E-state index contributed by atoms with van der Waals surface area (Å²) in [5, 5.41) is 25.1. The van der Waals surface area contributed by atoms with Crippen LogP contribution in [-0.4, -0.2) is 43.2 Å². The number of carbonyl (C=O) groups excluding carboxylic acids is 2. The molecule has 206 valence electrons. The molecule has 4 aromatic rings. The second-order valence-corrected chi connectivity index (χ2v) is 9.73. The van der Waals surface area contributed by atoms with Crippen molar-refractivity contribution in [3.8, 4) is 17.1 Å². The third kappa shape index (κ3) is 6.31. The molecule has 0 unspecified atom stereocenters. The molecule has 1 saturated carbocycles. The summed E-state index contributed by atoms with van der Waals surface area (Å²) in [7, 11) is 0. The third-order valence-electron chi connectivity index (χ3n) is 6.85. The molecule has 1 atom stereocenters. The number of aromatic nitrogens is 4. The molecule has 2 amide bonds. The van der Waals surface area contributed by atoms with Gasteiger partial charge in [0.15, 0.2) is 0 Å². The molecule has 1 heterocycles. The fraction of sp³-hybridized carbons (Fsp3) is 0.276. The van der Waals surface area contributed by atoms with E-state index >= 15 is 0 Å². The van der Waals surface area contributed by atoms with E-state index in [0.717, 1.165) is 36.9 Å². The van der Waals surface area contributed by atoms with Crippen LogP contribution in [0.1, 0.15) is 43.7 Å². The summed E-state index contributed by atoms with van der Waals surface area (Å²) in [6.07, 6.45) is 4.76. The van der Waals surface area contributed by atoms with E-state index < -0.39 is 36.0 Å². The Bertz CT molecular complexity index is 1470. The van der Waals surface area contributed by atoms with Gasteiger partial charge in [-0.15, -0.1) is 10.2 Å². The van der Waals surface area contributed by atoms with E-state index in [1.54, 1.807) is 18.2 Å². The monoisotopic (exact) mass is 546 g/mol. The number of halogens is 2. The molecule has 0 bridgehead atoms. The number of tetrazole rings is 1. The molecule has 1 aromatic heterocycles. The average Bonchev–Trinajstić information content (AvgIpc) is 3.41. The maximum atomic E-state index is 14.4. The normalized spacial score (nSPS) is 14.4. The molecule has 1 aliphatic rings. The van der Waals surface area contributed by atoms with Crippen molar-refractivity contribution in [1.29, 1.82) is 0 Å². The Morgan fingerprint density at radius 3 is 2.40 bits per heavy atom. The molecule has 5 rings (SSSR count). The number of hydrogen-bond acceptors (Lipinski definition) is 6. The van der Waals surface area contributed by atoms with Crippen molar-refractivity contribution < 1.29 is 23.5 Å². The first-order valence-corrected chi connectivity index (χ1v) is 13.1. The number of hydrogen-bond donors (Lipinski definition) is 2. The highest BCUT2D eigenvalue weighted by Gasteiger charge is 2.34. The molecular weight excluding hydrogens is 518 g/mol. The van der Waals surface area contributed by atoms with E-state index in [9.17, 15) is 23.5 Å². The summed E-state index contributed by atoms with van der Waals surface area (Å²) < 4.78 is 27.7. The minimum Gasteiger partial charge on any atom is -0.508 e. The number of nitrogens with one attached hydrogen (secondary N) is 1. The van der Waals surface area contributed by atoms with Gasteiger partial charge in [-0.1, -0.05) is 37.5 Å². The molecule has 0 spiro atoms. The fourth-order valence-corrected chi connectivity index (χ4v) is 4.89. The van der Waals surface area contributed by atoms with Crippen molar-refractivity contribution in [3.63, 3.8) is 0 Å². The van der Waals surface area contributed by atoms with Crippen LogP contribution in [0, 0.1) is 11.6 Å². The average molecular weight is 547 g/mol. The van der Waals surface area contributed by atoms with Crippen molar-refractivity contribution in [3.05, 3.63) is 90.0 Å². The highest BCUT2D eigenvalue weighted by Crippen LogP contribution is 2.31. The van der Waals surface area contributed by atoms with Crippen molar-refractivity contribution in [2.45, 2.75) is 50.7 Å². The van der Waals surface area contributed by atoms with Crippen molar-refractivity contribution in [1.82, 2.24) is 25.5 Å². The lowest BCUT2D eigenvalue weighted by molar-refractivity contribution is -0.127. The quantitative estimate of drug-likeness (QED) is 0.335. The zero-order valence-corrected chi connectivity index (χ0v) is 21.6. The van der Waals surface area contributed by atoms with E-state index in [2.05, 4.69) is 20.7 Å². The molecule has 1 fully saturated rings. The van der Waals surface area contributed by atoms with Crippen LogP contribution in [-0.2, 0) is 16.1 Å². The Balaban J connectivity index is 1.50. The number of anilines is 1. The van der Waals surface area contributed by atoms with Gasteiger partial charge in [0.2, 0.25) is 11.7 Å². The smallest absolute Gasteiger partial charge is 0.251 e. The van der Waals surface area contributed by atoms with Crippen LogP contribution in [0.15, 0.2) is 72.8 Å². The summed E-state index contributed by atoms with van der Waals surface area (Å²) in [5.74, 6) is -1.82. The predicted molar refractivity (Wildman–Crippen MR) is 143 cm³/mol. The lowest BCUT2D eigenvalue weighted by atomic mass is 9.94. The van der Waals surface area contributed by atoms with Crippen LogP contribution in [0.25, 0.3) is 11.4 Å². The first kappa shape index (κ1) is 26.9. The summed E-state index contributed by atoms with van der Waals surface area (Å²) in [4.78, 5) is 30.0. The number of amides is 2. The molecule has 0 aliphatic heterocycles. The van der Waals surface area contributed by atoms with E-state index in [-0.39, 0.29) is 23.3 Å². The Hall–Kier alpha value is -4.67.